The Balaban J connectivity index is 1.72. The van der Waals surface area contributed by atoms with Crippen molar-refractivity contribution >= 4 is 17.8 Å². The molecule has 1 N–H and O–H groups in total. The lowest BCUT2D eigenvalue weighted by Crippen LogP contribution is -2.51. The largest absolute Gasteiger partial charge is 0.462 e. The average molecular weight is 286 g/mol. The summed E-state index contributed by atoms with van der Waals surface area (Å²) in [6, 6.07) is 8.96. The van der Waals surface area contributed by atoms with Crippen LogP contribution in [0.1, 0.15) is 11.6 Å². The second kappa shape index (κ2) is 4.39. The number of imide groups is 1. The fraction of sp³-hybridized carbons (Fsp3) is 0.400. The number of rotatable bonds is 1. The summed E-state index contributed by atoms with van der Waals surface area (Å²) in [6.45, 7) is 0.677. The summed E-state index contributed by atoms with van der Waals surface area (Å²) in [5.41, 5.74) is 1.03. The number of carbonyl (C=O) groups excluding carboxylic acids is 3. The second-order valence-electron chi connectivity index (χ2n) is 5.68. The van der Waals surface area contributed by atoms with Gasteiger partial charge in [0.2, 0.25) is 11.8 Å². The molecule has 3 saturated heterocycles. The van der Waals surface area contributed by atoms with Crippen LogP contribution in [0.25, 0.3) is 0 Å². The van der Waals surface area contributed by atoms with Crippen LogP contribution in [0, 0.1) is 11.8 Å². The molecule has 0 unspecified atom stereocenters. The summed E-state index contributed by atoms with van der Waals surface area (Å²) in [5.74, 6) is -2.10. The molecule has 6 nitrogen and oxygen atoms in total. The number of fused-ring (bicyclic) bond motifs is 3. The van der Waals surface area contributed by atoms with E-state index in [1.54, 1.807) is 0 Å². The van der Waals surface area contributed by atoms with E-state index in [1.807, 2.05) is 35.2 Å². The van der Waals surface area contributed by atoms with Crippen LogP contribution >= 0.6 is 0 Å². The highest BCUT2D eigenvalue weighted by molar-refractivity contribution is 6.08. The number of hydrogen-bond donors (Lipinski definition) is 1. The summed E-state index contributed by atoms with van der Waals surface area (Å²) in [7, 11) is 0. The van der Waals surface area contributed by atoms with Gasteiger partial charge in [-0.05, 0) is 5.56 Å². The molecule has 0 saturated carbocycles. The van der Waals surface area contributed by atoms with Gasteiger partial charge >= 0.3 is 5.97 Å². The Morgan fingerprint density at radius 3 is 2.62 bits per heavy atom. The maximum Gasteiger partial charge on any atom is 0.324 e. The van der Waals surface area contributed by atoms with Gasteiger partial charge in [-0.2, -0.15) is 0 Å². The predicted molar refractivity (Wildman–Crippen MR) is 70.8 cm³/mol. The molecule has 3 heterocycles. The number of esters is 1. The van der Waals surface area contributed by atoms with Gasteiger partial charge in [-0.1, -0.05) is 30.3 Å². The lowest BCUT2D eigenvalue weighted by atomic mass is 9.92. The molecule has 4 atom stereocenters. The van der Waals surface area contributed by atoms with Gasteiger partial charge in [0.05, 0.1) is 17.9 Å². The molecule has 1 aromatic carbocycles. The standard InChI is InChI=1S/C15H14N2O4/c18-13-9-6-17-10(8-4-2-1-3-5-8)7-21-15(20)12(17)11(9)14(19)16-13/h1-5,9-12H,6-7H2,(H,16,18,19)/t9-,10-,11-,12+/m0/s1. The molecule has 1 aromatic rings. The number of nitrogens with one attached hydrogen (secondary N) is 1. The molecule has 0 spiro atoms. The monoisotopic (exact) mass is 286 g/mol. The van der Waals surface area contributed by atoms with Crippen molar-refractivity contribution in [2.24, 2.45) is 11.8 Å². The number of carbonyl (C=O) groups is 3. The third-order valence-electron chi connectivity index (χ3n) is 4.63. The molecule has 21 heavy (non-hydrogen) atoms. The minimum Gasteiger partial charge on any atom is -0.462 e. The quantitative estimate of drug-likeness (QED) is 0.574. The first-order chi connectivity index (χ1) is 10.2. The number of nitrogens with zero attached hydrogens (tertiary/aromatic N) is 1. The topological polar surface area (TPSA) is 75.7 Å². The normalized spacial score (nSPS) is 35.1. The van der Waals surface area contributed by atoms with Crippen molar-refractivity contribution in [2.75, 3.05) is 13.2 Å². The van der Waals surface area contributed by atoms with Crippen LogP contribution in [0.5, 0.6) is 0 Å². The van der Waals surface area contributed by atoms with Gasteiger partial charge in [-0.25, -0.2) is 0 Å². The zero-order chi connectivity index (χ0) is 14.6. The van der Waals surface area contributed by atoms with Gasteiger partial charge in [0.1, 0.15) is 12.6 Å². The number of cyclic esters (lactones) is 1. The van der Waals surface area contributed by atoms with Crippen LogP contribution in [-0.2, 0) is 19.1 Å². The Morgan fingerprint density at radius 1 is 1.10 bits per heavy atom. The Morgan fingerprint density at radius 2 is 1.86 bits per heavy atom. The molecule has 3 fully saturated rings. The predicted octanol–water partition coefficient (Wildman–Crippen LogP) is -0.143. The summed E-state index contributed by atoms with van der Waals surface area (Å²) in [6.07, 6.45) is 0. The number of hydrogen-bond acceptors (Lipinski definition) is 5. The van der Waals surface area contributed by atoms with Crippen molar-refractivity contribution in [1.29, 1.82) is 0 Å². The second-order valence-corrected chi connectivity index (χ2v) is 5.68. The van der Waals surface area contributed by atoms with Crippen molar-refractivity contribution < 1.29 is 19.1 Å². The van der Waals surface area contributed by atoms with Gasteiger partial charge in [0.25, 0.3) is 0 Å². The maximum absolute atomic E-state index is 12.1. The molecule has 108 valence electrons. The fourth-order valence-electron chi connectivity index (χ4n) is 3.66. The van der Waals surface area contributed by atoms with Crippen LogP contribution in [0.2, 0.25) is 0 Å². The van der Waals surface area contributed by atoms with Crippen LogP contribution in [0.15, 0.2) is 30.3 Å². The third kappa shape index (κ3) is 1.72. The average Bonchev–Trinajstić information content (AvgIpc) is 3.00. The van der Waals surface area contributed by atoms with Crippen LogP contribution in [0.4, 0.5) is 0 Å². The Labute approximate surface area is 121 Å². The van der Waals surface area contributed by atoms with Gasteiger partial charge < -0.3 is 4.74 Å². The van der Waals surface area contributed by atoms with E-state index in [9.17, 15) is 14.4 Å². The number of amides is 2. The highest BCUT2D eigenvalue weighted by Crippen LogP contribution is 2.42. The minimum atomic E-state index is -0.652. The summed E-state index contributed by atoms with van der Waals surface area (Å²) in [5, 5.41) is 2.31. The first-order valence-electron chi connectivity index (χ1n) is 6.99. The fourth-order valence-corrected chi connectivity index (χ4v) is 3.66. The lowest BCUT2D eigenvalue weighted by Gasteiger charge is -2.37. The van der Waals surface area contributed by atoms with Gasteiger partial charge in [-0.15, -0.1) is 0 Å². The molecule has 0 radical (unpaired) electrons. The van der Waals surface area contributed by atoms with Crippen LogP contribution < -0.4 is 5.32 Å². The first-order valence-corrected chi connectivity index (χ1v) is 6.99. The van der Waals surface area contributed by atoms with Crippen molar-refractivity contribution in [3.63, 3.8) is 0 Å². The molecule has 4 rings (SSSR count). The van der Waals surface area contributed by atoms with E-state index < -0.39 is 23.8 Å². The molecule has 0 aliphatic carbocycles. The summed E-state index contributed by atoms with van der Waals surface area (Å²) < 4.78 is 5.28. The number of morpholine rings is 1. The van der Waals surface area contributed by atoms with E-state index >= 15 is 0 Å². The molecule has 3 aliphatic heterocycles. The summed E-state index contributed by atoms with van der Waals surface area (Å²) in [4.78, 5) is 37.8. The Kier molecular flexibility index (Phi) is 2.62. The smallest absolute Gasteiger partial charge is 0.324 e. The van der Waals surface area contributed by atoms with Crippen molar-refractivity contribution in [3.05, 3.63) is 35.9 Å². The van der Waals surface area contributed by atoms with E-state index in [0.717, 1.165) is 5.56 Å². The van der Waals surface area contributed by atoms with Gasteiger partial charge in [0.15, 0.2) is 0 Å². The van der Waals surface area contributed by atoms with Crippen LogP contribution in [-0.4, -0.2) is 41.9 Å². The van der Waals surface area contributed by atoms with E-state index in [4.69, 9.17) is 4.74 Å². The van der Waals surface area contributed by atoms with E-state index in [0.29, 0.717) is 6.54 Å². The molecular formula is C15H14N2O4. The third-order valence-corrected chi connectivity index (χ3v) is 4.63. The lowest BCUT2D eigenvalue weighted by molar-refractivity contribution is -0.163. The molecule has 0 bridgehead atoms. The zero-order valence-corrected chi connectivity index (χ0v) is 11.2. The minimum absolute atomic E-state index is 0.0971. The maximum atomic E-state index is 12.1. The SMILES string of the molecule is O=C1NC(=O)[C@H]2CN3[C@H](c4ccccc4)COC(=O)[C@H]3[C@@H]12. The van der Waals surface area contributed by atoms with Gasteiger partial charge in [0, 0.05) is 6.54 Å². The zero-order valence-electron chi connectivity index (χ0n) is 11.2. The highest BCUT2D eigenvalue weighted by atomic mass is 16.5. The van der Waals surface area contributed by atoms with E-state index in [1.165, 1.54) is 0 Å². The van der Waals surface area contributed by atoms with Crippen LogP contribution in [0.3, 0.4) is 0 Å². The van der Waals surface area contributed by atoms with Gasteiger partial charge in [-0.3, -0.25) is 24.6 Å². The van der Waals surface area contributed by atoms with Crippen molar-refractivity contribution in [1.82, 2.24) is 10.2 Å². The van der Waals surface area contributed by atoms with E-state index in [2.05, 4.69) is 5.32 Å². The summed E-state index contributed by atoms with van der Waals surface area (Å²) >= 11 is 0. The first kappa shape index (κ1) is 12.5. The highest BCUT2D eigenvalue weighted by Gasteiger charge is 2.59. The molecule has 0 aromatic heterocycles. The van der Waals surface area contributed by atoms with E-state index in [-0.39, 0.29) is 24.5 Å². The molecule has 3 aliphatic rings. The Hall–Kier alpha value is -2.21. The molecule has 6 heteroatoms. The van der Waals surface area contributed by atoms with Crippen molar-refractivity contribution in [2.45, 2.75) is 12.1 Å². The molecule has 2 amide bonds. The van der Waals surface area contributed by atoms with Crippen molar-refractivity contribution in [3.8, 4) is 0 Å². The number of ether oxygens (including phenoxy) is 1. The Bertz CT molecular complexity index is 630. The number of benzene rings is 1. The molecular weight excluding hydrogens is 272 g/mol.